The van der Waals surface area contributed by atoms with Gasteiger partial charge in [-0.2, -0.15) is 4.98 Å². The van der Waals surface area contributed by atoms with Gasteiger partial charge in [-0.15, -0.1) is 0 Å². The molecule has 0 saturated carbocycles. The molecule has 26 heavy (non-hydrogen) atoms. The predicted molar refractivity (Wildman–Crippen MR) is 90.4 cm³/mol. The molecule has 3 aromatic rings. The predicted octanol–water partition coefficient (Wildman–Crippen LogP) is 3.77. The monoisotopic (exact) mass is 355 g/mol. The summed E-state index contributed by atoms with van der Waals surface area (Å²) in [4.78, 5) is 18.8. The van der Waals surface area contributed by atoms with Gasteiger partial charge in [-0.05, 0) is 42.7 Å². The van der Waals surface area contributed by atoms with Crippen molar-refractivity contribution in [3.05, 3.63) is 59.9 Å². The first-order chi connectivity index (χ1) is 12.7. The molecule has 2 aromatic heterocycles. The fraction of sp³-hybridized carbons (Fsp3) is 0.316. The third-order valence-electron chi connectivity index (χ3n) is 4.59. The van der Waals surface area contributed by atoms with Crippen molar-refractivity contribution in [2.75, 3.05) is 6.54 Å². The van der Waals surface area contributed by atoms with E-state index >= 15 is 0 Å². The standard InChI is InChI=1S/C19H18FN3O3/c20-14-7-5-13(6-8-14)15-3-1-11-23(15)18(24)10-9-17-21-19(22-26-17)16-4-2-12-25-16/h2,4-8,12,15H,1,3,9-11H2. The van der Waals surface area contributed by atoms with Crippen LogP contribution in [0.2, 0.25) is 0 Å². The first-order valence-electron chi connectivity index (χ1n) is 8.62. The quantitative estimate of drug-likeness (QED) is 0.697. The highest BCUT2D eigenvalue weighted by molar-refractivity contribution is 5.77. The Morgan fingerprint density at radius 3 is 2.88 bits per heavy atom. The minimum Gasteiger partial charge on any atom is -0.461 e. The van der Waals surface area contributed by atoms with Gasteiger partial charge in [0.1, 0.15) is 5.82 Å². The molecule has 1 aliphatic rings. The molecule has 1 aromatic carbocycles. The second-order valence-electron chi connectivity index (χ2n) is 6.29. The highest BCUT2D eigenvalue weighted by Crippen LogP contribution is 2.32. The summed E-state index contributed by atoms with van der Waals surface area (Å²) in [6.45, 7) is 0.711. The normalized spacial score (nSPS) is 17.0. The topological polar surface area (TPSA) is 72.4 Å². The van der Waals surface area contributed by atoms with Gasteiger partial charge in [0, 0.05) is 19.4 Å². The van der Waals surface area contributed by atoms with Crippen molar-refractivity contribution >= 4 is 5.91 Å². The lowest BCUT2D eigenvalue weighted by Gasteiger charge is -2.25. The lowest BCUT2D eigenvalue weighted by Crippen LogP contribution is -2.30. The number of nitrogens with zero attached hydrogens (tertiary/aromatic N) is 3. The summed E-state index contributed by atoms with van der Waals surface area (Å²) in [6.07, 6.45) is 4.03. The minimum absolute atomic E-state index is 0.00413. The van der Waals surface area contributed by atoms with Crippen molar-refractivity contribution in [2.45, 2.75) is 31.7 Å². The zero-order chi connectivity index (χ0) is 17.9. The molecule has 0 radical (unpaired) electrons. The number of likely N-dealkylation sites (tertiary alicyclic amines) is 1. The third-order valence-corrected chi connectivity index (χ3v) is 4.59. The average Bonchev–Trinajstić information content (AvgIpc) is 3.40. The van der Waals surface area contributed by atoms with Crippen LogP contribution in [0.5, 0.6) is 0 Å². The zero-order valence-corrected chi connectivity index (χ0v) is 14.1. The molecular weight excluding hydrogens is 337 g/mol. The van der Waals surface area contributed by atoms with Crippen LogP contribution in [0.4, 0.5) is 4.39 Å². The molecule has 7 heteroatoms. The Morgan fingerprint density at radius 2 is 2.12 bits per heavy atom. The van der Waals surface area contributed by atoms with Crippen LogP contribution in [0.15, 0.2) is 51.6 Å². The Morgan fingerprint density at radius 1 is 1.27 bits per heavy atom. The Kier molecular flexibility index (Phi) is 4.51. The molecule has 0 aliphatic carbocycles. The van der Waals surface area contributed by atoms with Gasteiger partial charge in [0.15, 0.2) is 5.76 Å². The molecule has 1 saturated heterocycles. The number of carbonyl (C=O) groups is 1. The number of furan rings is 1. The summed E-state index contributed by atoms with van der Waals surface area (Å²) in [5, 5.41) is 3.86. The molecule has 6 nitrogen and oxygen atoms in total. The van der Waals surface area contributed by atoms with Gasteiger partial charge in [-0.3, -0.25) is 4.79 Å². The van der Waals surface area contributed by atoms with Gasteiger partial charge in [0.05, 0.1) is 12.3 Å². The summed E-state index contributed by atoms with van der Waals surface area (Å²) >= 11 is 0. The fourth-order valence-electron chi connectivity index (χ4n) is 3.32. The number of aromatic nitrogens is 2. The number of amides is 1. The van der Waals surface area contributed by atoms with Crippen LogP contribution in [0.3, 0.4) is 0 Å². The van der Waals surface area contributed by atoms with Crippen LogP contribution in [0.1, 0.15) is 36.8 Å². The van der Waals surface area contributed by atoms with Gasteiger partial charge in [0.25, 0.3) is 0 Å². The van der Waals surface area contributed by atoms with Crippen molar-refractivity contribution < 1.29 is 18.1 Å². The molecule has 134 valence electrons. The molecule has 1 atom stereocenters. The summed E-state index contributed by atoms with van der Waals surface area (Å²) in [7, 11) is 0. The van der Waals surface area contributed by atoms with Crippen LogP contribution in [-0.2, 0) is 11.2 Å². The number of halogens is 1. The molecule has 4 rings (SSSR count). The third kappa shape index (κ3) is 3.37. The second-order valence-corrected chi connectivity index (χ2v) is 6.29. The van der Waals surface area contributed by atoms with Crippen LogP contribution < -0.4 is 0 Å². The van der Waals surface area contributed by atoms with Crippen molar-refractivity contribution in [2.24, 2.45) is 0 Å². The number of hydrogen-bond donors (Lipinski definition) is 0. The number of rotatable bonds is 5. The second kappa shape index (κ2) is 7.11. The highest BCUT2D eigenvalue weighted by Gasteiger charge is 2.29. The van der Waals surface area contributed by atoms with Crippen molar-refractivity contribution in [3.8, 4) is 11.6 Å². The smallest absolute Gasteiger partial charge is 0.238 e. The average molecular weight is 355 g/mol. The molecule has 1 aliphatic heterocycles. The molecule has 3 heterocycles. The van der Waals surface area contributed by atoms with E-state index in [0.29, 0.717) is 30.4 Å². The van der Waals surface area contributed by atoms with E-state index in [9.17, 15) is 9.18 Å². The van der Waals surface area contributed by atoms with Gasteiger partial charge >= 0.3 is 0 Å². The molecular formula is C19H18FN3O3. The minimum atomic E-state index is -0.270. The summed E-state index contributed by atoms with van der Waals surface area (Å²) in [5.74, 6) is 1.08. The lowest BCUT2D eigenvalue weighted by molar-refractivity contribution is -0.132. The maximum atomic E-state index is 13.1. The maximum Gasteiger partial charge on any atom is 0.238 e. The van der Waals surface area contributed by atoms with Crippen molar-refractivity contribution in [1.82, 2.24) is 15.0 Å². The van der Waals surface area contributed by atoms with Gasteiger partial charge in [0.2, 0.25) is 17.6 Å². The van der Waals surface area contributed by atoms with E-state index in [0.717, 1.165) is 18.4 Å². The summed E-state index contributed by atoms with van der Waals surface area (Å²) < 4.78 is 23.5. The lowest BCUT2D eigenvalue weighted by atomic mass is 10.0. The largest absolute Gasteiger partial charge is 0.461 e. The summed E-state index contributed by atoms with van der Waals surface area (Å²) in [6, 6.07) is 9.87. The molecule has 1 amide bonds. The Hall–Kier alpha value is -2.96. The van der Waals surface area contributed by atoms with E-state index < -0.39 is 0 Å². The van der Waals surface area contributed by atoms with E-state index in [1.165, 1.54) is 18.4 Å². The molecule has 0 spiro atoms. The number of benzene rings is 1. The van der Waals surface area contributed by atoms with E-state index in [1.807, 2.05) is 4.90 Å². The van der Waals surface area contributed by atoms with Crippen LogP contribution in [0.25, 0.3) is 11.6 Å². The molecule has 0 N–H and O–H groups in total. The summed E-state index contributed by atoms with van der Waals surface area (Å²) in [5.41, 5.74) is 0.968. The van der Waals surface area contributed by atoms with E-state index in [-0.39, 0.29) is 24.2 Å². The molecule has 0 bridgehead atoms. The SMILES string of the molecule is O=C(CCc1nc(-c2ccco2)no1)N1CCCC1c1ccc(F)cc1. The van der Waals surface area contributed by atoms with Crippen molar-refractivity contribution in [1.29, 1.82) is 0 Å². The first-order valence-corrected chi connectivity index (χ1v) is 8.62. The number of aryl methyl sites for hydroxylation is 1. The van der Waals surface area contributed by atoms with E-state index in [2.05, 4.69) is 10.1 Å². The Labute approximate surface area is 149 Å². The van der Waals surface area contributed by atoms with Crippen LogP contribution in [-0.4, -0.2) is 27.5 Å². The van der Waals surface area contributed by atoms with Gasteiger partial charge in [-0.25, -0.2) is 4.39 Å². The van der Waals surface area contributed by atoms with Crippen LogP contribution in [0, 0.1) is 5.82 Å². The number of carbonyl (C=O) groups excluding carboxylic acids is 1. The Bertz CT molecular complexity index is 874. The maximum absolute atomic E-state index is 13.1. The molecule has 1 fully saturated rings. The zero-order valence-electron chi connectivity index (χ0n) is 14.1. The fourth-order valence-corrected chi connectivity index (χ4v) is 3.32. The molecule has 1 unspecified atom stereocenters. The Balaban J connectivity index is 1.39. The van der Waals surface area contributed by atoms with Crippen molar-refractivity contribution in [3.63, 3.8) is 0 Å². The van der Waals surface area contributed by atoms with Crippen LogP contribution >= 0.6 is 0 Å². The first kappa shape index (κ1) is 16.5. The highest BCUT2D eigenvalue weighted by atomic mass is 19.1. The number of hydrogen-bond acceptors (Lipinski definition) is 5. The van der Waals surface area contributed by atoms with E-state index in [4.69, 9.17) is 8.94 Å². The van der Waals surface area contributed by atoms with Gasteiger partial charge in [-0.1, -0.05) is 17.3 Å². The van der Waals surface area contributed by atoms with E-state index in [1.54, 1.807) is 24.3 Å². The van der Waals surface area contributed by atoms with Gasteiger partial charge < -0.3 is 13.8 Å².